The highest BCUT2D eigenvalue weighted by Crippen LogP contribution is 2.48. The van der Waals surface area contributed by atoms with E-state index in [-0.39, 0.29) is 6.54 Å². The van der Waals surface area contributed by atoms with Crippen molar-refractivity contribution >= 4 is 6.09 Å². The number of cyclic esters (lactones) is 1. The molecule has 1 N–H and O–H groups in total. The lowest BCUT2D eigenvalue weighted by atomic mass is 9.90. The van der Waals surface area contributed by atoms with Crippen LogP contribution in [0.2, 0.25) is 0 Å². The molecule has 178 valence electrons. The van der Waals surface area contributed by atoms with Crippen molar-refractivity contribution in [1.29, 1.82) is 0 Å². The van der Waals surface area contributed by atoms with Crippen LogP contribution in [0.5, 0.6) is 23.0 Å². The highest BCUT2D eigenvalue weighted by molar-refractivity contribution is 5.72. The molecule has 1 amide bonds. The van der Waals surface area contributed by atoms with E-state index in [0.717, 1.165) is 5.56 Å². The predicted octanol–water partition coefficient (Wildman–Crippen LogP) is 4.26. The highest BCUT2D eigenvalue weighted by Gasteiger charge is 2.56. The van der Waals surface area contributed by atoms with Crippen LogP contribution in [-0.2, 0) is 17.0 Å². The van der Waals surface area contributed by atoms with Crippen molar-refractivity contribution < 1.29 is 33.6 Å². The van der Waals surface area contributed by atoms with Crippen molar-refractivity contribution in [3.05, 3.63) is 83.4 Å². The van der Waals surface area contributed by atoms with Crippen LogP contribution in [-0.4, -0.2) is 44.5 Å². The number of hydrogen-bond acceptors (Lipinski definition) is 7. The Morgan fingerprint density at radius 2 is 1.41 bits per heavy atom. The van der Waals surface area contributed by atoms with Crippen LogP contribution in [0.15, 0.2) is 66.7 Å². The Hall–Kier alpha value is -3.91. The van der Waals surface area contributed by atoms with Crippen LogP contribution >= 0.6 is 0 Å². The topological polar surface area (TPSA) is 86.7 Å². The zero-order chi connectivity index (χ0) is 24.3. The molecule has 2 atom stereocenters. The maximum Gasteiger partial charge on any atom is 0.413 e. The molecule has 1 heterocycles. The number of ether oxygens (including phenoxy) is 5. The molecule has 3 aromatic rings. The Balaban J connectivity index is 1.77. The zero-order valence-electron chi connectivity index (χ0n) is 19.5. The van der Waals surface area contributed by atoms with Gasteiger partial charge in [-0.05, 0) is 47.5 Å². The van der Waals surface area contributed by atoms with Crippen molar-refractivity contribution in [1.82, 2.24) is 4.90 Å². The molecule has 8 heteroatoms. The number of benzene rings is 3. The minimum Gasteiger partial charge on any atom is -0.497 e. The number of hydrogen-bond donors (Lipinski definition) is 1. The van der Waals surface area contributed by atoms with Gasteiger partial charge in [0.15, 0.2) is 17.6 Å². The molecule has 4 rings (SSSR count). The van der Waals surface area contributed by atoms with E-state index in [1.165, 1.54) is 4.90 Å². The number of rotatable bonds is 8. The maximum atomic E-state index is 13.1. The van der Waals surface area contributed by atoms with Gasteiger partial charge in [-0.2, -0.15) is 0 Å². The first-order valence-electron chi connectivity index (χ1n) is 10.6. The summed E-state index contributed by atoms with van der Waals surface area (Å²) in [7, 11) is 6.23. The van der Waals surface area contributed by atoms with Crippen molar-refractivity contribution in [2.45, 2.75) is 18.4 Å². The van der Waals surface area contributed by atoms with Gasteiger partial charge in [0.2, 0.25) is 5.72 Å². The van der Waals surface area contributed by atoms with Crippen molar-refractivity contribution in [2.24, 2.45) is 0 Å². The molecule has 0 aliphatic carbocycles. The predicted molar refractivity (Wildman–Crippen MR) is 124 cm³/mol. The molecule has 0 unspecified atom stereocenters. The van der Waals surface area contributed by atoms with E-state index < -0.39 is 17.9 Å². The molecular weight excluding hydrogens is 438 g/mol. The second-order valence-electron chi connectivity index (χ2n) is 7.77. The lowest BCUT2D eigenvalue weighted by Crippen LogP contribution is -2.45. The quantitative estimate of drug-likeness (QED) is 0.532. The summed E-state index contributed by atoms with van der Waals surface area (Å²) in [6.45, 7) is 0.0777. The number of nitrogens with zero attached hydrogens (tertiary/aromatic N) is 1. The standard InChI is InChI=1S/C26H27NO7/c1-30-20-10-6-18(7-11-20)24-26(29,19-8-12-21(31-2)13-9-19)27(25(28)34-24)16-17-5-14-22(32-3)23(15-17)33-4/h5-15,24,29H,16H2,1-4H3/t24-,26-/m0/s1. The minimum atomic E-state index is -1.79. The summed E-state index contributed by atoms with van der Waals surface area (Å²) in [6, 6.07) is 19.3. The SMILES string of the molecule is COc1ccc([C@@H]2OC(=O)N(Cc3ccc(OC)c(OC)c3)[C@]2(O)c2ccc(OC)cc2)cc1. The third-order valence-corrected chi connectivity index (χ3v) is 5.94. The van der Waals surface area contributed by atoms with Gasteiger partial charge in [-0.1, -0.05) is 30.3 Å². The molecular formula is C26H27NO7. The van der Waals surface area contributed by atoms with Gasteiger partial charge < -0.3 is 28.8 Å². The summed E-state index contributed by atoms with van der Waals surface area (Å²) in [6.07, 6.45) is -1.62. The molecule has 0 spiro atoms. The van der Waals surface area contributed by atoms with Gasteiger partial charge in [0.25, 0.3) is 0 Å². The van der Waals surface area contributed by atoms with Gasteiger partial charge in [-0.25, -0.2) is 4.79 Å². The first kappa shape index (κ1) is 23.3. The van der Waals surface area contributed by atoms with Crippen molar-refractivity contribution in [3.8, 4) is 23.0 Å². The molecule has 1 saturated heterocycles. The minimum absolute atomic E-state index is 0.0777. The number of amides is 1. The summed E-state index contributed by atoms with van der Waals surface area (Å²) < 4.78 is 26.9. The Bertz CT molecular complexity index is 1150. The Morgan fingerprint density at radius 1 is 0.824 bits per heavy atom. The normalized spacial score (nSPS) is 19.5. The smallest absolute Gasteiger partial charge is 0.413 e. The third-order valence-electron chi connectivity index (χ3n) is 5.94. The summed E-state index contributed by atoms with van der Waals surface area (Å²) in [5.41, 5.74) is 0.0603. The third kappa shape index (κ3) is 4.08. The Morgan fingerprint density at radius 3 is 1.97 bits per heavy atom. The van der Waals surface area contributed by atoms with E-state index in [1.807, 2.05) is 6.07 Å². The van der Waals surface area contributed by atoms with Crippen molar-refractivity contribution in [3.63, 3.8) is 0 Å². The van der Waals surface area contributed by atoms with Gasteiger partial charge >= 0.3 is 6.09 Å². The molecule has 0 saturated carbocycles. The van der Waals surface area contributed by atoms with Crippen molar-refractivity contribution in [2.75, 3.05) is 28.4 Å². The maximum absolute atomic E-state index is 13.1. The largest absolute Gasteiger partial charge is 0.497 e. The fraction of sp³-hybridized carbons (Fsp3) is 0.269. The number of carbonyl (C=O) groups is 1. The molecule has 0 bridgehead atoms. The molecule has 0 aromatic heterocycles. The Labute approximate surface area is 198 Å². The van der Waals surface area contributed by atoms with Crippen LogP contribution < -0.4 is 18.9 Å². The summed E-state index contributed by atoms with van der Waals surface area (Å²) >= 11 is 0. The molecule has 1 aliphatic heterocycles. The molecule has 1 aliphatic rings. The van der Waals surface area contributed by atoms with Crippen LogP contribution in [0.25, 0.3) is 0 Å². The van der Waals surface area contributed by atoms with E-state index in [2.05, 4.69) is 0 Å². The second-order valence-corrected chi connectivity index (χ2v) is 7.77. The van der Waals surface area contributed by atoms with Gasteiger partial charge in [-0.15, -0.1) is 0 Å². The monoisotopic (exact) mass is 465 g/mol. The highest BCUT2D eigenvalue weighted by atomic mass is 16.6. The number of methoxy groups -OCH3 is 4. The van der Waals surface area contributed by atoms with E-state index >= 15 is 0 Å². The van der Waals surface area contributed by atoms with Crippen LogP contribution in [0, 0.1) is 0 Å². The first-order valence-corrected chi connectivity index (χ1v) is 10.6. The van der Waals surface area contributed by atoms with Crippen LogP contribution in [0.1, 0.15) is 22.8 Å². The summed E-state index contributed by atoms with van der Waals surface area (Å²) in [4.78, 5) is 14.4. The molecule has 3 aromatic carbocycles. The molecule has 8 nitrogen and oxygen atoms in total. The first-order chi connectivity index (χ1) is 16.4. The van der Waals surface area contributed by atoms with E-state index in [9.17, 15) is 9.90 Å². The van der Waals surface area contributed by atoms with Gasteiger partial charge in [0.1, 0.15) is 11.5 Å². The lowest BCUT2D eigenvalue weighted by Gasteiger charge is -2.35. The van der Waals surface area contributed by atoms with Gasteiger partial charge in [-0.3, -0.25) is 4.90 Å². The molecule has 34 heavy (non-hydrogen) atoms. The van der Waals surface area contributed by atoms with E-state index in [4.69, 9.17) is 23.7 Å². The molecule has 1 fully saturated rings. The fourth-order valence-electron chi connectivity index (χ4n) is 4.10. The summed E-state index contributed by atoms with van der Waals surface area (Å²) in [5.74, 6) is 2.37. The Kier molecular flexibility index (Phi) is 6.51. The van der Waals surface area contributed by atoms with Gasteiger partial charge in [0.05, 0.1) is 35.0 Å². The lowest BCUT2D eigenvalue weighted by molar-refractivity contribution is -0.113. The fourth-order valence-corrected chi connectivity index (χ4v) is 4.10. The summed E-state index contributed by atoms with van der Waals surface area (Å²) in [5, 5.41) is 12.1. The van der Waals surface area contributed by atoms with E-state index in [1.54, 1.807) is 89.1 Å². The second kappa shape index (κ2) is 9.52. The van der Waals surface area contributed by atoms with E-state index in [0.29, 0.717) is 34.1 Å². The average molecular weight is 466 g/mol. The molecule has 0 radical (unpaired) electrons. The van der Waals surface area contributed by atoms with Gasteiger partial charge in [0, 0.05) is 5.56 Å². The zero-order valence-corrected chi connectivity index (χ0v) is 19.5. The number of aliphatic hydroxyl groups is 1. The van der Waals surface area contributed by atoms with Crippen LogP contribution in [0.3, 0.4) is 0 Å². The average Bonchev–Trinajstić information content (AvgIpc) is 3.14. The van der Waals surface area contributed by atoms with Crippen LogP contribution in [0.4, 0.5) is 4.79 Å². The number of carbonyl (C=O) groups excluding carboxylic acids is 1.